The summed E-state index contributed by atoms with van der Waals surface area (Å²) in [5.74, 6) is 0. The Morgan fingerprint density at radius 3 is 2.07 bits per heavy atom. The van der Waals surface area contributed by atoms with Gasteiger partial charge < -0.3 is 14.7 Å². The zero-order valence-electron chi connectivity index (χ0n) is 16.7. The zero-order valence-corrected chi connectivity index (χ0v) is 17.5. The third kappa shape index (κ3) is 3.97. The molecule has 2 amide bonds. The number of piperazine rings is 1. The zero-order chi connectivity index (χ0) is 19.8. The fourth-order valence-corrected chi connectivity index (χ4v) is 5.65. The van der Waals surface area contributed by atoms with Gasteiger partial charge in [-0.25, -0.2) is 13.2 Å². The number of likely N-dealkylation sites (N-methyl/N-ethyl adjacent to an activating group) is 1. The van der Waals surface area contributed by atoms with Gasteiger partial charge in [0.15, 0.2) is 0 Å². The number of carbonyl (C=O) groups excluding carboxylic acids is 1. The van der Waals surface area contributed by atoms with Crippen LogP contribution < -0.4 is 0 Å². The molecule has 0 unspecified atom stereocenters. The fraction of sp³-hybridized carbons (Fsp3) is 0.765. The number of urea groups is 1. The van der Waals surface area contributed by atoms with Gasteiger partial charge in [-0.15, -0.1) is 0 Å². The topological polar surface area (TPSA) is 82.0 Å². The molecule has 0 atom stereocenters. The maximum absolute atomic E-state index is 13.2. The van der Waals surface area contributed by atoms with Gasteiger partial charge in [0.25, 0.3) is 0 Å². The molecule has 1 aromatic rings. The molecule has 1 aromatic heterocycles. The number of nitrogens with zero attached hydrogens (tertiary/aromatic N) is 6. The molecule has 2 saturated heterocycles. The van der Waals surface area contributed by atoms with Crippen LogP contribution in [-0.2, 0) is 17.1 Å². The quantitative estimate of drug-likeness (QED) is 0.706. The summed E-state index contributed by atoms with van der Waals surface area (Å²) in [6, 6.07) is 0.0242. The second-order valence-corrected chi connectivity index (χ2v) is 9.32. The molecular formula is C17H30N6O3S. The molecule has 0 N–H and O–H groups in total. The van der Waals surface area contributed by atoms with E-state index in [2.05, 4.69) is 17.0 Å². The van der Waals surface area contributed by atoms with Crippen molar-refractivity contribution in [1.82, 2.24) is 28.8 Å². The summed E-state index contributed by atoms with van der Waals surface area (Å²) in [7, 11) is 0.189. The number of aryl methyl sites for hydroxylation is 2. The van der Waals surface area contributed by atoms with E-state index in [0.717, 1.165) is 26.2 Å². The Morgan fingerprint density at radius 1 is 0.889 bits per heavy atom. The minimum Gasteiger partial charge on any atom is -0.323 e. The third-order valence-electron chi connectivity index (χ3n) is 5.54. The van der Waals surface area contributed by atoms with Gasteiger partial charge in [0.2, 0.25) is 10.0 Å². The molecule has 3 rings (SSSR count). The molecular weight excluding hydrogens is 368 g/mol. The first-order valence-corrected chi connectivity index (χ1v) is 10.9. The van der Waals surface area contributed by atoms with Gasteiger partial charge in [-0.1, -0.05) is 0 Å². The molecule has 0 spiro atoms. The van der Waals surface area contributed by atoms with Gasteiger partial charge in [0, 0.05) is 59.4 Å². The van der Waals surface area contributed by atoms with Gasteiger partial charge in [0.1, 0.15) is 4.90 Å². The van der Waals surface area contributed by atoms with Crippen molar-refractivity contribution in [1.29, 1.82) is 0 Å². The van der Waals surface area contributed by atoms with Crippen molar-refractivity contribution < 1.29 is 13.2 Å². The van der Waals surface area contributed by atoms with Crippen LogP contribution in [0, 0.1) is 13.8 Å². The fourth-order valence-electron chi connectivity index (χ4n) is 3.78. The molecule has 0 saturated carbocycles. The molecule has 0 aromatic carbocycles. The Kier molecular flexibility index (Phi) is 5.78. The van der Waals surface area contributed by atoms with Crippen molar-refractivity contribution in [3.05, 3.63) is 11.4 Å². The number of hydrogen-bond donors (Lipinski definition) is 0. The van der Waals surface area contributed by atoms with E-state index in [-0.39, 0.29) is 6.03 Å². The van der Waals surface area contributed by atoms with Crippen LogP contribution in [-0.4, -0.2) is 103 Å². The van der Waals surface area contributed by atoms with Crippen LogP contribution in [0.5, 0.6) is 0 Å². The highest BCUT2D eigenvalue weighted by Gasteiger charge is 2.33. The van der Waals surface area contributed by atoms with E-state index in [0.29, 0.717) is 48.9 Å². The van der Waals surface area contributed by atoms with E-state index in [1.165, 1.54) is 4.31 Å². The lowest BCUT2D eigenvalue weighted by atomic mass is 10.3. The lowest BCUT2D eigenvalue weighted by molar-refractivity contribution is 0.124. The van der Waals surface area contributed by atoms with Crippen LogP contribution in [0.1, 0.15) is 17.8 Å². The predicted molar refractivity (Wildman–Crippen MR) is 102 cm³/mol. The van der Waals surface area contributed by atoms with Crippen molar-refractivity contribution in [3.63, 3.8) is 0 Å². The van der Waals surface area contributed by atoms with Gasteiger partial charge in [0.05, 0.1) is 11.4 Å². The van der Waals surface area contributed by atoms with Crippen molar-refractivity contribution in [2.45, 2.75) is 25.2 Å². The molecule has 0 aliphatic carbocycles. The third-order valence-corrected chi connectivity index (χ3v) is 7.69. The van der Waals surface area contributed by atoms with E-state index in [1.807, 2.05) is 4.90 Å². The highest BCUT2D eigenvalue weighted by atomic mass is 32.2. The molecule has 2 aliphatic heterocycles. The lowest BCUT2D eigenvalue weighted by Gasteiger charge is -2.35. The van der Waals surface area contributed by atoms with Gasteiger partial charge in [-0.2, -0.15) is 9.40 Å². The first-order valence-electron chi connectivity index (χ1n) is 9.44. The number of aromatic nitrogens is 2. The standard InChI is InChI=1S/C17H30N6O3S/c1-14-16(15(2)20(4)18-14)27(25,26)23-7-5-6-21(12-13-23)17(24)22-10-8-19(3)9-11-22/h5-13H2,1-4H3. The molecule has 0 bridgehead atoms. The summed E-state index contributed by atoms with van der Waals surface area (Å²) >= 11 is 0. The highest BCUT2D eigenvalue weighted by molar-refractivity contribution is 7.89. The second-order valence-electron chi connectivity index (χ2n) is 7.44. The largest absolute Gasteiger partial charge is 0.323 e. The van der Waals surface area contributed by atoms with E-state index < -0.39 is 10.0 Å². The minimum absolute atomic E-state index is 0.0242. The Morgan fingerprint density at radius 2 is 1.48 bits per heavy atom. The maximum Gasteiger partial charge on any atom is 0.320 e. The maximum atomic E-state index is 13.2. The molecule has 0 radical (unpaired) electrons. The number of sulfonamides is 1. The Hall–Kier alpha value is -1.65. The molecule has 27 heavy (non-hydrogen) atoms. The van der Waals surface area contributed by atoms with Crippen LogP contribution in [0.25, 0.3) is 0 Å². The molecule has 2 aliphatic rings. The average Bonchev–Trinajstić information content (AvgIpc) is 2.81. The van der Waals surface area contributed by atoms with E-state index in [1.54, 1.807) is 30.5 Å². The smallest absolute Gasteiger partial charge is 0.320 e. The van der Waals surface area contributed by atoms with Crippen LogP contribution in [0.2, 0.25) is 0 Å². The van der Waals surface area contributed by atoms with Gasteiger partial charge in [-0.05, 0) is 27.3 Å². The summed E-state index contributed by atoms with van der Waals surface area (Å²) in [6.45, 7) is 8.43. The average molecular weight is 399 g/mol. The molecule has 9 nitrogen and oxygen atoms in total. The van der Waals surface area contributed by atoms with Crippen molar-refractivity contribution in [3.8, 4) is 0 Å². The number of carbonyl (C=O) groups is 1. The monoisotopic (exact) mass is 398 g/mol. The first kappa shape index (κ1) is 20.1. The summed E-state index contributed by atoms with van der Waals surface area (Å²) in [5, 5.41) is 4.24. The summed E-state index contributed by atoms with van der Waals surface area (Å²) in [6.07, 6.45) is 0.636. The van der Waals surface area contributed by atoms with Crippen LogP contribution in [0.15, 0.2) is 4.90 Å². The van der Waals surface area contributed by atoms with Crippen molar-refractivity contribution in [2.75, 3.05) is 59.4 Å². The van der Waals surface area contributed by atoms with Crippen LogP contribution in [0.4, 0.5) is 4.79 Å². The number of amides is 2. The molecule has 152 valence electrons. The highest BCUT2D eigenvalue weighted by Crippen LogP contribution is 2.24. The Labute approximate surface area is 161 Å². The Balaban J connectivity index is 1.70. The summed E-state index contributed by atoms with van der Waals surface area (Å²) in [5.41, 5.74) is 1.16. The number of hydrogen-bond acceptors (Lipinski definition) is 5. The Bertz CT molecular complexity index is 798. The second kappa shape index (κ2) is 7.76. The normalized spacial score (nSPS) is 20.7. The van der Waals surface area contributed by atoms with Crippen LogP contribution in [0.3, 0.4) is 0 Å². The molecule has 3 heterocycles. The van der Waals surface area contributed by atoms with Gasteiger partial charge >= 0.3 is 6.03 Å². The molecule has 10 heteroatoms. The first-order chi connectivity index (χ1) is 12.7. The predicted octanol–water partition coefficient (Wildman–Crippen LogP) is 0.101. The van der Waals surface area contributed by atoms with E-state index in [4.69, 9.17) is 0 Å². The van der Waals surface area contributed by atoms with Gasteiger partial charge in [-0.3, -0.25) is 4.68 Å². The van der Waals surface area contributed by atoms with Crippen molar-refractivity contribution in [2.24, 2.45) is 7.05 Å². The van der Waals surface area contributed by atoms with E-state index in [9.17, 15) is 13.2 Å². The summed E-state index contributed by atoms with van der Waals surface area (Å²) in [4.78, 5) is 19.0. The lowest BCUT2D eigenvalue weighted by Crippen LogP contribution is -2.52. The van der Waals surface area contributed by atoms with E-state index >= 15 is 0 Å². The van der Waals surface area contributed by atoms with Crippen molar-refractivity contribution >= 4 is 16.1 Å². The summed E-state index contributed by atoms with van der Waals surface area (Å²) < 4.78 is 29.4. The van der Waals surface area contributed by atoms with Crippen LogP contribution >= 0.6 is 0 Å². The minimum atomic E-state index is -3.62. The SMILES string of the molecule is Cc1nn(C)c(C)c1S(=O)(=O)N1CCCN(C(=O)N2CCN(C)CC2)CC1. The number of rotatable bonds is 2. The molecule has 2 fully saturated rings.